The first-order valence-corrected chi connectivity index (χ1v) is 8.02. The van der Waals surface area contributed by atoms with Crippen LogP contribution in [0.15, 0.2) is 60.9 Å². The zero-order chi connectivity index (χ0) is 17.1. The molecule has 122 valence electrons. The summed E-state index contributed by atoms with van der Waals surface area (Å²) >= 11 is 0. The minimum absolute atomic E-state index is 0.190. The fraction of sp³-hybridized carbons (Fsp3) is 0.200. The molecule has 0 radical (unpaired) electrons. The molecular weight excluding hydrogens is 296 g/mol. The molecule has 1 aromatic heterocycles. The Hall–Kier alpha value is -2.88. The highest BCUT2D eigenvalue weighted by Gasteiger charge is 2.18. The molecule has 0 fully saturated rings. The third-order valence-corrected chi connectivity index (χ3v) is 4.34. The summed E-state index contributed by atoms with van der Waals surface area (Å²) in [5.74, 6) is 0.857. The van der Waals surface area contributed by atoms with Crippen LogP contribution < -0.4 is 10.6 Å². The topological polar surface area (TPSA) is 55.0 Å². The summed E-state index contributed by atoms with van der Waals surface area (Å²) in [5, 5.41) is 0. The highest BCUT2D eigenvalue weighted by Crippen LogP contribution is 2.31. The lowest BCUT2D eigenvalue weighted by atomic mass is 10.0. The Morgan fingerprint density at radius 3 is 2.21 bits per heavy atom. The van der Waals surface area contributed by atoms with Gasteiger partial charge in [-0.3, -0.25) is 4.98 Å². The van der Waals surface area contributed by atoms with E-state index >= 15 is 0 Å². The van der Waals surface area contributed by atoms with Gasteiger partial charge in [0, 0.05) is 30.7 Å². The van der Waals surface area contributed by atoms with Crippen LogP contribution in [-0.2, 0) is 0 Å². The third kappa shape index (κ3) is 3.23. The van der Waals surface area contributed by atoms with Gasteiger partial charge in [0.15, 0.2) is 5.82 Å². The van der Waals surface area contributed by atoms with Gasteiger partial charge in [0.2, 0.25) is 0 Å². The van der Waals surface area contributed by atoms with Gasteiger partial charge in [-0.15, -0.1) is 0 Å². The van der Waals surface area contributed by atoms with Crippen molar-refractivity contribution < 1.29 is 0 Å². The zero-order valence-corrected chi connectivity index (χ0v) is 14.3. The fourth-order valence-corrected chi connectivity index (χ4v) is 2.69. The smallest absolute Gasteiger partial charge is 0.155 e. The van der Waals surface area contributed by atoms with Crippen molar-refractivity contribution in [2.45, 2.75) is 19.9 Å². The molecule has 1 atom stereocenters. The normalized spacial score (nSPS) is 12.0. The quantitative estimate of drug-likeness (QED) is 0.731. The van der Waals surface area contributed by atoms with Crippen LogP contribution in [0, 0.1) is 6.92 Å². The Kier molecular flexibility index (Phi) is 4.47. The van der Waals surface area contributed by atoms with E-state index in [0.717, 1.165) is 22.8 Å². The largest absolute Gasteiger partial charge is 0.399 e. The highest BCUT2D eigenvalue weighted by atomic mass is 15.2. The number of aryl methyl sites for hydroxylation is 1. The summed E-state index contributed by atoms with van der Waals surface area (Å²) in [6.45, 7) is 4.27. The number of aromatic nitrogens is 2. The molecular formula is C20H22N4. The number of hydrogen-bond donors (Lipinski definition) is 1. The van der Waals surface area contributed by atoms with E-state index in [1.54, 1.807) is 12.4 Å². The Morgan fingerprint density at radius 2 is 1.54 bits per heavy atom. The molecule has 0 amide bonds. The van der Waals surface area contributed by atoms with Crippen molar-refractivity contribution in [1.29, 1.82) is 0 Å². The van der Waals surface area contributed by atoms with Gasteiger partial charge in [-0.25, -0.2) is 4.98 Å². The Balaban J connectivity index is 1.96. The summed E-state index contributed by atoms with van der Waals surface area (Å²) < 4.78 is 0. The van der Waals surface area contributed by atoms with Crippen molar-refractivity contribution >= 4 is 11.5 Å². The summed E-state index contributed by atoms with van der Waals surface area (Å²) in [6, 6.07) is 16.5. The minimum Gasteiger partial charge on any atom is -0.399 e. The first-order chi connectivity index (χ1) is 11.6. The van der Waals surface area contributed by atoms with Crippen molar-refractivity contribution in [1.82, 2.24) is 9.97 Å². The van der Waals surface area contributed by atoms with E-state index in [9.17, 15) is 0 Å². The van der Waals surface area contributed by atoms with Crippen molar-refractivity contribution in [3.63, 3.8) is 0 Å². The molecule has 2 N–H and O–H groups in total. The summed E-state index contributed by atoms with van der Waals surface area (Å²) in [7, 11) is 2.05. The van der Waals surface area contributed by atoms with Gasteiger partial charge < -0.3 is 10.6 Å². The predicted octanol–water partition coefficient (Wildman–Crippen LogP) is 4.23. The van der Waals surface area contributed by atoms with Crippen molar-refractivity contribution in [2.24, 2.45) is 0 Å². The number of nitrogens with zero attached hydrogens (tertiary/aromatic N) is 3. The summed E-state index contributed by atoms with van der Waals surface area (Å²) in [6.07, 6.45) is 3.45. The van der Waals surface area contributed by atoms with Gasteiger partial charge in [-0.05, 0) is 31.5 Å². The van der Waals surface area contributed by atoms with Gasteiger partial charge in [-0.1, -0.05) is 42.0 Å². The molecule has 4 nitrogen and oxygen atoms in total. The average molecular weight is 318 g/mol. The molecule has 0 saturated heterocycles. The number of benzene rings is 2. The molecule has 4 heteroatoms. The standard InChI is InChI=1S/C20H22N4/c1-14-4-6-16(7-5-14)15(2)24(3)20-19(22-12-13-23-20)17-8-10-18(21)11-9-17/h4-13,15H,21H2,1-3H3/t15-/m0/s1. The van der Waals surface area contributed by atoms with Crippen LogP contribution in [0.5, 0.6) is 0 Å². The molecule has 1 heterocycles. The second-order valence-corrected chi connectivity index (χ2v) is 6.05. The molecule has 0 spiro atoms. The van der Waals surface area contributed by atoms with Crippen LogP contribution in [0.2, 0.25) is 0 Å². The van der Waals surface area contributed by atoms with Gasteiger partial charge in [0.1, 0.15) is 5.69 Å². The van der Waals surface area contributed by atoms with Crippen LogP contribution in [0.3, 0.4) is 0 Å². The van der Waals surface area contributed by atoms with Crippen LogP contribution in [0.4, 0.5) is 11.5 Å². The SMILES string of the molecule is Cc1ccc([C@H](C)N(C)c2nccnc2-c2ccc(N)cc2)cc1. The van der Waals surface area contributed by atoms with E-state index in [1.807, 2.05) is 24.3 Å². The molecule has 0 aliphatic rings. The van der Waals surface area contributed by atoms with Crippen molar-refractivity contribution in [3.05, 3.63) is 72.1 Å². The number of nitrogen functional groups attached to an aromatic ring is 1. The molecule has 2 aromatic carbocycles. The number of nitrogens with two attached hydrogens (primary N) is 1. The van der Waals surface area contributed by atoms with Gasteiger partial charge >= 0.3 is 0 Å². The number of hydrogen-bond acceptors (Lipinski definition) is 4. The summed E-state index contributed by atoms with van der Waals surface area (Å²) in [5.41, 5.74) is 10.9. The monoisotopic (exact) mass is 318 g/mol. The maximum Gasteiger partial charge on any atom is 0.155 e. The van der Waals surface area contributed by atoms with Crippen molar-refractivity contribution in [2.75, 3.05) is 17.7 Å². The number of rotatable bonds is 4. The average Bonchev–Trinajstić information content (AvgIpc) is 2.62. The Bertz CT molecular complexity index is 810. The fourth-order valence-electron chi connectivity index (χ4n) is 2.69. The van der Waals surface area contributed by atoms with E-state index in [1.165, 1.54) is 11.1 Å². The number of anilines is 2. The van der Waals surface area contributed by atoms with Gasteiger partial charge in [0.05, 0.1) is 6.04 Å². The van der Waals surface area contributed by atoms with E-state index in [0.29, 0.717) is 0 Å². The lowest BCUT2D eigenvalue weighted by Crippen LogP contribution is -2.23. The van der Waals surface area contributed by atoms with Crippen LogP contribution in [0.25, 0.3) is 11.3 Å². The van der Waals surface area contributed by atoms with E-state index in [2.05, 4.69) is 60.0 Å². The van der Waals surface area contributed by atoms with E-state index < -0.39 is 0 Å². The molecule has 0 aliphatic heterocycles. The zero-order valence-electron chi connectivity index (χ0n) is 14.3. The van der Waals surface area contributed by atoms with E-state index in [4.69, 9.17) is 5.73 Å². The lowest BCUT2D eigenvalue weighted by Gasteiger charge is -2.27. The first-order valence-electron chi connectivity index (χ1n) is 8.02. The lowest BCUT2D eigenvalue weighted by molar-refractivity contribution is 0.727. The maximum atomic E-state index is 5.79. The molecule has 0 saturated carbocycles. The first kappa shape index (κ1) is 16.0. The van der Waals surface area contributed by atoms with Gasteiger partial charge in [-0.2, -0.15) is 0 Å². The molecule has 24 heavy (non-hydrogen) atoms. The minimum atomic E-state index is 0.190. The molecule has 0 aliphatic carbocycles. The Morgan fingerprint density at radius 1 is 0.917 bits per heavy atom. The molecule has 0 unspecified atom stereocenters. The van der Waals surface area contributed by atoms with E-state index in [-0.39, 0.29) is 6.04 Å². The second kappa shape index (κ2) is 6.71. The molecule has 0 bridgehead atoms. The molecule has 3 rings (SSSR count). The second-order valence-electron chi connectivity index (χ2n) is 6.05. The molecule has 3 aromatic rings. The third-order valence-electron chi connectivity index (χ3n) is 4.34. The highest BCUT2D eigenvalue weighted by molar-refractivity contribution is 5.73. The van der Waals surface area contributed by atoms with Gasteiger partial charge in [0.25, 0.3) is 0 Å². The maximum absolute atomic E-state index is 5.79. The predicted molar refractivity (Wildman–Crippen MR) is 99.9 cm³/mol. The van der Waals surface area contributed by atoms with Crippen molar-refractivity contribution in [3.8, 4) is 11.3 Å². The van der Waals surface area contributed by atoms with Crippen LogP contribution in [0.1, 0.15) is 24.1 Å². The van der Waals surface area contributed by atoms with Crippen LogP contribution >= 0.6 is 0 Å². The van der Waals surface area contributed by atoms with Crippen LogP contribution in [-0.4, -0.2) is 17.0 Å². The summed E-state index contributed by atoms with van der Waals surface area (Å²) in [4.78, 5) is 11.3. The Labute approximate surface area is 143 Å².